The summed E-state index contributed by atoms with van der Waals surface area (Å²) >= 11 is 0. The van der Waals surface area contributed by atoms with Gasteiger partial charge in [0.15, 0.2) is 0 Å². The molecule has 0 atom stereocenters. The van der Waals surface area contributed by atoms with E-state index in [0.29, 0.717) is 6.54 Å². The smallest absolute Gasteiger partial charge is 0.345 e. The summed E-state index contributed by atoms with van der Waals surface area (Å²) in [6, 6.07) is 9.81. The lowest BCUT2D eigenvalue weighted by atomic mass is 10.0. The summed E-state index contributed by atoms with van der Waals surface area (Å²) in [6.45, 7) is 5.67. The number of terminal acetylenes is 1. The van der Waals surface area contributed by atoms with Crippen molar-refractivity contribution in [3.63, 3.8) is 0 Å². The highest BCUT2D eigenvalue weighted by molar-refractivity contribution is 5.91. The molecule has 0 aliphatic heterocycles. The normalized spacial score (nSPS) is 12.2. The Bertz CT molecular complexity index is 843. The maximum absolute atomic E-state index is 11.3. The number of carboxylic acid groups (broad SMARTS) is 1. The summed E-state index contributed by atoms with van der Waals surface area (Å²) in [4.78, 5) is 12.8. The summed E-state index contributed by atoms with van der Waals surface area (Å²) in [5.74, 6) is 0.880. The van der Waals surface area contributed by atoms with E-state index in [9.17, 15) is 15.0 Å². The van der Waals surface area contributed by atoms with Crippen molar-refractivity contribution in [1.29, 1.82) is 0 Å². The molecule has 3 N–H and O–H groups in total. The summed E-state index contributed by atoms with van der Waals surface area (Å²) in [5.41, 5.74) is 2.72. The zero-order chi connectivity index (χ0) is 21.5. The van der Waals surface area contributed by atoms with E-state index in [0.717, 1.165) is 16.7 Å². The third-order valence-electron chi connectivity index (χ3n) is 3.48. The van der Waals surface area contributed by atoms with Gasteiger partial charge in [0, 0.05) is 18.9 Å². The second-order valence-corrected chi connectivity index (χ2v) is 5.54. The molecule has 0 aromatic heterocycles. The molecular weight excluding hydrogens is 354 g/mol. The Labute approximate surface area is 166 Å². The van der Waals surface area contributed by atoms with E-state index in [2.05, 4.69) is 18.8 Å². The first-order valence-electron chi connectivity index (χ1n) is 8.33. The van der Waals surface area contributed by atoms with Crippen molar-refractivity contribution in [2.75, 3.05) is 6.54 Å². The molecule has 146 valence electrons. The molecule has 0 spiro atoms. The van der Waals surface area contributed by atoms with Crippen LogP contribution in [-0.2, 0) is 4.79 Å². The molecule has 5 nitrogen and oxygen atoms in total. The van der Waals surface area contributed by atoms with Crippen LogP contribution in [0, 0.1) is 24.9 Å². The van der Waals surface area contributed by atoms with Crippen LogP contribution in [0.4, 0.5) is 0 Å². The SMILES string of the molecule is C#C.C/C=C\C(CN(/C=C(\C)O)/C=C(\C#CO)C(=O)O)=C(/C)c1ccccc1. The average Bonchev–Trinajstić information content (AvgIpc) is 2.68. The van der Waals surface area contributed by atoms with Crippen LogP contribution in [-0.4, -0.2) is 32.7 Å². The molecule has 0 bridgehead atoms. The Balaban J connectivity index is 0.00000352. The Kier molecular flexibility index (Phi) is 11.6. The Hall–Kier alpha value is -3.83. The van der Waals surface area contributed by atoms with Gasteiger partial charge in [0.25, 0.3) is 0 Å². The first-order valence-corrected chi connectivity index (χ1v) is 8.33. The van der Waals surface area contributed by atoms with Crippen LogP contribution in [0.1, 0.15) is 26.3 Å². The molecule has 0 radical (unpaired) electrons. The predicted octanol–water partition coefficient (Wildman–Crippen LogP) is 4.31. The van der Waals surface area contributed by atoms with Gasteiger partial charge in [0.2, 0.25) is 0 Å². The highest BCUT2D eigenvalue weighted by Crippen LogP contribution is 2.20. The molecule has 0 unspecified atom stereocenters. The molecule has 0 fully saturated rings. The highest BCUT2D eigenvalue weighted by atomic mass is 16.4. The number of benzene rings is 1. The maximum atomic E-state index is 11.3. The van der Waals surface area contributed by atoms with Gasteiger partial charge in [0.1, 0.15) is 17.4 Å². The van der Waals surface area contributed by atoms with Gasteiger partial charge in [-0.05, 0) is 43.4 Å². The van der Waals surface area contributed by atoms with Crippen LogP contribution < -0.4 is 0 Å². The maximum Gasteiger partial charge on any atom is 0.345 e. The second kappa shape index (κ2) is 13.4. The fraction of sp³-hybridized carbons (Fsp3) is 0.174. The minimum absolute atomic E-state index is 0.0140. The Morgan fingerprint density at radius 3 is 2.21 bits per heavy atom. The molecule has 0 amide bonds. The van der Waals surface area contributed by atoms with E-state index in [1.165, 1.54) is 24.2 Å². The average molecular weight is 379 g/mol. The fourth-order valence-electron chi connectivity index (χ4n) is 2.30. The number of hydrogen-bond donors (Lipinski definition) is 3. The van der Waals surface area contributed by atoms with Crippen LogP contribution >= 0.6 is 0 Å². The summed E-state index contributed by atoms with van der Waals surface area (Å²) in [5, 5.41) is 27.5. The number of aliphatic hydroxyl groups is 2. The van der Waals surface area contributed by atoms with Gasteiger partial charge in [0.05, 0.1) is 0 Å². The summed E-state index contributed by atoms with van der Waals surface area (Å²) < 4.78 is 0. The molecule has 0 saturated heterocycles. The minimum Gasteiger partial charge on any atom is -0.511 e. The topological polar surface area (TPSA) is 81.0 Å². The first kappa shape index (κ1) is 24.2. The van der Waals surface area contributed by atoms with Crippen molar-refractivity contribution in [2.24, 2.45) is 0 Å². The number of nitrogens with zero attached hydrogens (tertiary/aromatic N) is 1. The number of hydrogen-bond acceptors (Lipinski definition) is 4. The third kappa shape index (κ3) is 8.51. The highest BCUT2D eigenvalue weighted by Gasteiger charge is 2.10. The van der Waals surface area contributed by atoms with E-state index in [-0.39, 0.29) is 11.3 Å². The second-order valence-electron chi connectivity index (χ2n) is 5.54. The molecule has 1 aromatic carbocycles. The van der Waals surface area contributed by atoms with Crippen molar-refractivity contribution in [3.05, 3.63) is 77.4 Å². The number of aliphatic hydroxyl groups excluding tert-OH is 2. The van der Waals surface area contributed by atoms with E-state index in [4.69, 9.17) is 5.11 Å². The standard InChI is InChI=1S/C21H23NO4.C2H2/c1-4-8-19(17(3)18-9-6-5-7-10-18)14-22(13-16(2)24)15-20(11-12-23)21(25)26;1-2/h4-10,13,15,23-24H,14H2,1-3H3,(H,25,26);1-2H/b8-4-,16-13+,19-17-,20-15+;. The molecule has 1 rings (SSSR count). The van der Waals surface area contributed by atoms with Crippen LogP contribution in [0.15, 0.2) is 71.8 Å². The van der Waals surface area contributed by atoms with Gasteiger partial charge < -0.3 is 20.2 Å². The molecule has 0 aliphatic carbocycles. The quantitative estimate of drug-likeness (QED) is 0.285. The zero-order valence-corrected chi connectivity index (χ0v) is 16.3. The Morgan fingerprint density at radius 2 is 1.75 bits per heavy atom. The fourth-order valence-corrected chi connectivity index (χ4v) is 2.30. The molecular formula is C23H25NO4. The van der Waals surface area contributed by atoms with Crippen LogP contribution in [0.5, 0.6) is 0 Å². The number of carbonyl (C=O) groups is 1. The largest absolute Gasteiger partial charge is 0.511 e. The monoisotopic (exact) mass is 379 g/mol. The van der Waals surface area contributed by atoms with Gasteiger partial charge >= 0.3 is 5.97 Å². The van der Waals surface area contributed by atoms with Crippen molar-refractivity contribution < 1.29 is 20.1 Å². The van der Waals surface area contributed by atoms with Crippen LogP contribution in [0.2, 0.25) is 0 Å². The van der Waals surface area contributed by atoms with E-state index >= 15 is 0 Å². The van der Waals surface area contributed by atoms with E-state index in [1.54, 1.807) is 6.11 Å². The van der Waals surface area contributed by atoms with Gasteiger partial charge in [-0.1, -0.05) is 42.5 Å². The van der Waals surface area contributed by atoms with E-state index < -0.39 is 5.97 Å². The van der Waals surface area contributed by atoms with Gasteiger partial charge in [-0.2, -0.15) is 0 Å². The van der Waals surface area contributed by atoms with Crippen LogP contribution in [0.3, 0.4) is 0 Å². The Morgan fingerprint density at radius 1 is 1.14 bits per heavy atom. The molecule has 28 heavy (non-hydrogen) atoms. The predicted molar refractivity (Wildman–Crippen MR) is 112 cm³/mol. The van der Waals surface area contributed by atoms with Gasteiger partial charge in [-0.3, -0.25) is 0 Å². The molecule has 0 aliphatic rings. The van der Waals surface area contributed by atoms with E-state index in [1.807, 2.05) is 56.3 Å². The van der Waals surface area contributed by atoms with Gasteiger partial charge in [-0.25, -0.2) is 4.79 Å². The van der Waals surface area contributed by atoms with Crippen LogP contribution in [0.25, 0.3) is 5.57 Å². The third-order valence-corrected chi connectivity index (χ3v) is 3.48. The zero-order valence-electron chi connectivity index (χ0n) is 16.3. The minimum atomic E-state index is -1.27. The van der Waals surface area contributed by atoms with Gasteiger partial charge in [-0.15, -0.1) is 12.8 Å². The molecule has 1 aromatic rings. The first-order chi connectivity index (χ1) is 13.4. The van der Waals surface area contributed by atoms with Crippen molar-refractivity contribution in [2.45, 2.75) is 20.8 Å². The molecule has 5 heteroatoms. The summed E-state index contributed by atoms with van der Waals surface area (Å²) in [6.07, 6.45) is 16.1. The number of allylic oxidation sites excluding steroid dienone is 3. The lowest BCUT2D eigenvalue weighted by Crippen LogP contribution is -2.17. The lowest BCUT2D eigenvalue weighted by Gasteiger charge is -2.19. The summed E-state index contributed by atoms with van der Waals surface area (Å²) in [7, 11) is 0. The van der Waals surface area contributed by atoms with Crippen molar-refractivity contribution in [1.82, 2.24) is 4.90 Å². The lowest BCUT2D eigenvalue weighted by molar-refractivity contribution is -0.132. The number of carboxylic acids is 1. The number of rotatable bonds is 7. The molecule has 0 saturated carbocycles. The van der Waals surface area contributed by atoms with Crippen molar-refractivity contribution in [3.8, 4) is 24.9 Å². The van der Waals surface area contributed by atoms with Crippen molar-refractivity contribution >= 4 is 11.5 Å². The molecule has 0 heterocycles. The number of aliphatic carboxylic acids is 1.